The number of carbonyl (C=O) groups excluding carboxylic acids is 3. The van der Waals surface area contributed by atoms with Crippen molar-refractivity contribution in [1.82, 2.24) is 15.2 Å². The highest BCUT2D eigenvalue weighted by Crippen LogP contribution is 2.44. The van der Waals surface area contributed by atoms with E-state index in [9.17, 15) is 14.4 Å². The Hall–Kier alpha value is -2.72. The van der Waals surface area contributed by atoms with Crippen LogP contribution in [0.15, 0.2) is 12.3 Å². The molecule has 1 unspecified atom stereocenters. The van der Waals surface area contributed by atoms with Crippen molar-refractivity contribution in [2.75, 3.05) is 51.2 Å². The fourth-order valence-corrected chi connectivity index (χ4v) is 5.38. The third-order valence-corrected chi connectivity index (χ3v) is 7.77. The van der Waals surface area contributed by atoms with Gasteiger partial charge in [0.2, 0.25) is 11.8 Å². The number of nitrogens with zero attached hydrogens (tertiary/aromatic N) is 2. The highest BCUT2D eigenvalue weighted by atomic mass is 16.5. The molecule has 0 radical (unpaired) electrons. The van der Waals surface area contributed by atoms with E-state index in [1.165, 1.54) is 4.90 Å². The van der Waals surface area contributed by atoms with E-state index in [0.717, 1.165) is 31.2 Å². The third kappa shape index (κ3) is 5.43. The number of likely N-dealkylation sites (N-methyl/N-ethyl adjacent to an activating group) is 1. The molecule has 2 fully saturated rings. The van der Waals surface area contributed by atoms with Crippen LogP contribution in [0.2, 0.25) is 0 Å². The van der Waals surface area contributed by atoms with Gasteiger partial charge in [0.25, 0.3) is 0 Å². The summed E-state index contributed by atoms with van der Waals surface area (Å²) in [6.45, 7) is 4.13. The summed E-state index contributed by atoms with van der Waals surface area (Å²) in [4.78, 5) is 45.0. The number of anilines is 2. The van der Waals surface area contributed by atoms with Crippen molar-refractivity contribution in [3.63, 3.8) is 0 Å². The normalized spacial score (nSPS) is 23.8. The first kappa shape index (κ1) is 25.4. The van der Waals surface area contributed by atoms with Gasteiger partial charge >= 0.3 is 6.03 Å². The minimum absolute atomic E-state index is 0.0402. The Kier molecular flexibility index (Phi) is 7.91. The number of fused-ring (bicyclic) bond motifs is 2. The maximum absolute atomic E-state index is 13.4. The molecule has 10 heteroatoms. The van der Waals surface area contributed by atoms with Crippen LogP contribution in [0.5, 0.6) is 0 Å². The quantitative estimate of drug-likeness (QED) is 0.543. The maximum atomic E-state index is 13.4. The van der Waals surface area contributed by atoms with Crippen LogP contribution in [0.3, 0.4) is 0 Å². The molecule has 3 heterocycles. The molecule has 1 aromatic rings. The molecular weight excluding hydrogens is 450 g/mol. The van der Waals surface area contributed by atoms with Crippen LogP contribution in [0, 0.1) is 11.8 Å². The number of hydrogen-bond acceptors (Lipinski definition) is 6. The number of methoxy groups -OCH3 is 1. The molecule has 0 bridgehead atoms. The predicted molar refractivity (Wildman–Crippen MR) is 131 cm³/mol. The Morgan fingerprint density at radius 2 is 2.00 bits per heavy atom. The molecule has 0 aromatic carbocycles. The zero-order valence-electron chi connectivity index (χ0n) is 20.9. The van der Waals surface area contributed by atoms with E-state index in [4.69, 9.17) is 9.47 Å². The van der Waals surface area contributed by atoms with Crippen molar-refractivity contribution in [1.29, 1.82) is 0 Å². The van der Waals surface area contributed by atoms with Crippen molar-refractivity contribution >= 4 is 29.4 Å². The first-order chi connectivity index (χ1) is 16.8. The number of aromatic nitrogens is 1. The minimum atomic E-state index is -0.675. The molecule has 2 aliphatic heterocycles. The van der Waals surface area contributed by atoms with Gasteiger partial charge in [-0.2, -0.15) is 0 Å². The van der Waals surface area contributed by atoms with Gasteiger partial charge < -0.3 is 30.3 Å². The second-order valence-corrected chi connectivity index (χ2v) is 10.1. The lowest BCUT2D eigenvalue weighted by Gasteiger charge is -2.33. The zero-order chi connectivity index (χ0) is 25.0. The second-order valence-electron chi connectivity index (χ2n) is 10.1. The standard InChI is InChI=1S/C25H37N5O5/c1-16-4-6-17(7-5-16)21(29-24(33)30(2)10-13-34-3)22(31)28-20-14-19-18(15-26-20)25(23(32)27-19)8-11-35-12-9-25/h14-17,21H,4-13H2,1-3H3,(H,27,32)(H,29,33)(H,26,28,31). The van der Waals surface area contributed by atoms with Gasteiger partial charge in [-0.25, -0.2) is 9.78 Å². The summed E-state index contributed by atoms with van der Waals surface area (Å²) in [5.74, 6) is 0.687. The Morgan fingerprint density at radius 3 is 2.69 bits per heavy atom. The van der Waals surface area contributed by atoms with E-state index < -0.39 is 11.5 Å². The maximum Gasteiger partial charge on any atom is 0.317 e. The van der Waals surface area contributed by atoms with Crippen LogP contribution in [0.1, 0.15) is 51.0 Å². The lowest BCUT2D eigenvalue weighted by Crippen LogP contribution is -2.53. The molecule has 1 atom stereocenters. The fourth-order valence-electron chi connectivity index (χ4n) is 5.38. The van der Waals surface area contributed by atoms with Crippen molar-refractivity contribution < 1.29 is 23.9 Å². The molecule has 1 saturated carbocycles. The third-order valence-electron chi connectivity index (χ3n) is 7.77. The SMILES string of the molecule is COCCN(C)C(=O)NC(C(=O)Nc1cc2c(cn1)C1(CCOCC1)C(=O)N2)C1CCC(C)CC1. The van der Waals surface area contributed by atoms with Gasteiger partial charge in [-0.3, -0.25) is 9.59 Å². The molecule has 1 saturated heterocycles. The molecule has 1 spiro atoms. The molecule has 1 aliphatic carbocycles. The molecule has 4 amide bonds. The van der Waals surface area contributed by atoms with Gasteiger partial charge in [0.05, 0.1) is 17.7 Å². The summed E-state index contributed by atoms with van der Waals surface area (Å²) >= 11 is 0. The van der Waals surface area contributed by atoms with E-state index in [0.29, 0.717) is 56.6 Å². The van der Waals surface area contributed by atoms with Gasteiger partial charge in [0.1, 0.15) is 11.9 Å². The Morgan fingerprint density at radius 1 is 1.29 bits per heavy atom. The smallest absolute Gasteiger partial charge is 0.317 e. The molecular formula is C25H37N5O5. The van der Waals surface area contributed by atoms with Crippen LogP contribution in [0.25, 0.3) is 0 Å². The number of hydrogen-bond donors (Lipinski definition) is 3. The second kappa shape index (κ2) is 10.9. The van der Waals surface area contributed by atoms with Crippen LogP contribution in [-0.2, 0) is 24.5 Å². The Bertz CT molecular complexity index is 940. The summed E-state index contributed by atoms with van der Waals surface area (Å²) in [5, 5.41) is 8.80. The summed E-state index contributed by atoms with van der Waals surface area (Å²) in [6, 6.07) is 0.727. The summed E-state index contributed by atoms with van der Waals surface area (Å²) in [5.41, 5.74) is 0.925. The molecule has 1 aromatic heterocycles. The fraction of sp³-hybridized carbons (Fsp3) is 0.680. The molecule has 192 valence electrons. The highest BCUT2D eigenvalue weighted by Gasteiger charge is 2.48. The van der Waals surface area contributed by atoms with E-state index in [2.05, 4.69) is 27.9 Å². The van der Waals surface area contributed by atoms with Crippen LogP contribution in [0.4, 0.5) is 16.3 Å². The number of pyridine rings is 1. The van der Waals surface area contributed by atoms with E-state index >= 15 is 0 Å². The average Bonchev–Trinajstić information content (AvgIpc) is 3.11. The number of rotatable bonds is 7. The highest BCUT2D eigenvalue weighted by molar-refractivity contribution is 6.07. The van der Waals surface area contributed by atoms with Crippen molar-refractivity contribution in [3.05, 3.63) is 17.8 Å². The summed E-state index contributed by atoms with van der Waals surface area (Å²) in [7, 11) is 3.27. The van der Waals surface area contributed by atoms with Crippen molar-refractivity contribution in [3.8, 4) is 0 Å². The van der Waals surface area contributed by atoms with Gasteiger partial charge in [-0.1, -0.05) is 19.8 Å². The lowest BCUT2D eigenvalue weighted by molar-refractivity contribution is -0.124. The Balaban J connectivity index is 1.49. The Labute approximate surface area is 206 Å². The average molecular weight is 488 g/mol. The van der Waals surface area contributed by atoms with Crippen molar-refractivity contribution in [2.45, 2.75) is 56.9 Å². The van der Waals surface area contributed by atoms with E-state index in [-0.39, 0.29) is 23.8 Å². The molecule has 10 nitrogen and oxygen atoms in total. The number of amides is 4. The van der Waals surface area contributed by atoms with E-state index in [1.54, 1.807) is 26.4 Å². The number of carbonyl (C=O) groups is 3. The van der Waals surface area contributed by atoms with E-state index in [1.807, 2.05) is 0 Å². The molecule has 4 rings (SSSR count). The first-order valence-electron chi connectivity index (χ1n) is 12.5. The van der Waals surface area contributed by atoms with Gasteiger partial charge in [0.15, 0.2) is 0 Å². The summed E-state index contributed by atoms with van der Waals surface area (Å²) in [6.07, 6.45) is 6.72. The largest absolute Gasteiger partial charge is 0.383 e. The van der Waals surface area contributed by atoms with Crippen LogP contribution < -0.4 is 16.0 Å². The molecule has 35 heavy (non-hydrogen) atoms. The van der Waals surface area contributed by atoms with Crippen molar-refractivity contribution in [2.24, 2.45) is 11.8 Å². The number of nitrogens with one attached hydrogen (secondary N) is 3. The first-order valence-corrected chi connectivity index (χ1v) is 12.5. The number of ether oxygens (including phenoxy) is 2. The van der Waals surface area contributed by atoms with Gasteiger partial charge in [-0.15, -0.1) is 0 Å². The summed E-state index contributed by atoms with van der Waals surface area (Å²) < 4.78 is 10.5. The number of urea groups is 1. The molecule has 3 N–H and O–H groups in total. The monoisotopic (exact) mass is 487 g/mol. The lowest BCUT2D eigenvalue weighted by atomic mass is 9.76. The van der Waals surface area contributed by atoms with Gasteiger partial charge in [-0.05, 0) is 37.5 Å². The molecule has 3 aliphatic rings. The topological polar surface area (TPSA) is 122 Å². The minimum Gasteiger partial charge on any atom is -0.383 e. The van der Waals surface area contributed by atoms with Gasteiger partial charge in [0, 0.05) is 51.7 Å². The van der Waals surface area contributed by atoms with Crippen LogP contribution >= 0.6 is 0 Å². The zero-order valence-corrected chi connectivity index (χ0v) is 20.9. The van der Waals surface area contributed by atoms with Crippen LogP contribution in [-0.4, -0.2) is 74.3 Å². The predicted octanol–water partition coefficient (Wildman–Crippen LogP) is 2.50.